The SMILES string of the molecule is CS(=O)(=O)N1[C@@H]2[C@H]1C=CO[C@@H]2COCc1ccccc1. The quantitative estimate of drug-likeness (QED) is 0.764. The minimum absolute atomic E-state index is 0.0657. The van der Waals surface area contributed by atoms with Gasteiger partial charge in [0.2, 0.25) is 10.0 Å². The van der Waals surface area contributed by atoms with E-state index in [0.717, 1.165) is 5.56 Å². The van der Waals surface area contributed by atoms with Gasteiger partial charge < -0.3 is 9.47 Å². The summed E-state index contributed by atoms with van der Waals surface area (Å²) in [7, 11) is -3.18. The van der Waals surface area contributed by atoms with Crippen molar-refractivity contribution in [3.05, 3.63) is 48.2 Å². The van der Waals surface area contributed by atoms with E-state index in [9.17, 15) is 8.42 Å². The van der Waals surface area contributed by atoms with Crippen LogP contribution < -0.4 is 0 Å². The Kier molecular flexibility index (Phi) is 3.54. The van der Waals surface area contributed by atoms with Crippen LogP contribution in [-0.2, 0) is 26.1 Å². The van der Waals surface area contributed by atoms with Crippen LogP contribution in [0.25, 0.3) is 0 Å². The zero-order chi connectivity index (χ0) is 14.2. The van der Waals surface area contributed by atoms with E-state index in [1.807, 2.05) is 30.3 Å². The Morgan fingerprint density at radius 3 is 2.75 bits per heavy atom. The van der Waals surface area contributed by atoms with E-state index in [2.05, 4.69) is 0 Å². The highest BCUT2D eigenvalue weighted by Crippen LogP contribution is 2.39. The maximum atomic E-state index is 11.6. The molecule has 1 saturated heterocycles. The maximum absolute atomic E-state index is 11.6. The lowest BCUT2D eigenvalue weighted by atomic mass is 10.2. The highest BCUT2D eigenvalue weighted by atomic mass is 32.2. The van der Waals surface area contributed by atoms with Crippen LogP contribution in [0.3, 0.4) is 0 Å². The van der Waals surface area contributed by atoms with Crippen molar-refractivity contribution >= 4 is 10.0 Å². The van der Waals surface area contributed by atoms with Gasteiger partial charge in [-0.3, -0.25) is 0 Å². The summed E-state index contributed by atoms with van der Waals surface area (Å²) in [5.41, 5.74) is 1.09. The Hall–Kier alpha value is -1.37. The molecular weight excluding hydrogens is 278 g/mol. The fourth-order valence-corrected chi connectivity index (χ4v) is 3.87. The summed E-state index contributed by atoms with van der Waals surface area (Å²) in [5.74, 6) is 0. The zero-order valence-corrected chi connectivity index (χ0v) is 12.0. The van der Waals surface area contributed by atoms with E-state index >= 15 is 0 Å². The molecule has 0 radical (unpaired) electrons. The molecule has 3 rings (SSSR count). The van der Waals surface area contributed by atoms with Gasteiger partial charge in [-0.15, -0.1) is 0 Å². The van der Waals surface area contributed by atoms with Gasteiger partial charge in [-0.1, -0.05) is 30.3 Å². The number of hydrogen-bond acceptors (Lipinski definition) is 4. The molecule has 0 amide bonds. The third kappa shape index (κ3) is 2.72. The van der Waals surface area contributed by atoms with Crippen LogP contribution in [0.2, 0.25) is 0 Å². The second-order valence-corrected chi connectivity index (χ2v) is 6.97. The van der Waals surface area contributed by atoms with Gasteiger partial charge in [-0.05, 0) is 11.6 Å². The van der Waals surface area contributed by atoms with Gasteiger partial charge in [-0.25, -0.2) is 8.42 Å². The highest BCUT2D eigenvalue weighted by Gasteiger charge is 2.58. The van der Waals surface area contributed by atoms with E-state index in [1.54, 1.807) is 12.3 Å². The molecule has 5 nitrogen and oxygen atoms in total. The van der Waals surface area contributed by atoms with Crippen molar-refractivity contribution in [2.24, 2.45) is 0 Å². The van der Waals surface area contributed by atoms with E-state index in [4.69, 9.17) is 9.47 Å². The summed E-state index contributed by atoms with van der Waals surface area (Å²) in [6.45, 7) is 0.882. The molecule has 108 valence electrons. The second-order valence-electron chi connectivity index (χ2n) is 5.08. The summed E-state index contributed by atoms with van der Waals surface area (Å²) < 4.78 is 35.8. The molecule has 0 saturated carbocycles. The third-order valence-electron chi connectivity index (χ3n) is 3.53. The second kappa shape index (κ2) is 5.20. The predicted molar refractivity (Wildman–Crippen MR) is 74.4 cm³/mol. The topological polar surface area (TPSA) is 55.6 Å². The lowest BCUT2D eigenvalue weighted by Gasteiger charge is -2.18. The van der Waals surface area contributed by atoms with Gasteiger partial charge in [0, 0.05) is 0 Å². The molecule has 0 N–H and O–H groups in total. The van der Waals surface area contributed by atoms with Crippen LogP contribution in [0, 0.1) is 0 Å². The smallest absolute Gasteiger partial charge is 0.212 e. The lowest BCUT2D eigenvalue weighted by molar-refractivity contribution is 0.0133. The molecule has 1 unspecified atom stereocenters. The Labute approximate surface area is 118 Å². The molecule has 1 aromatic rings. The first-order valence-electron chi connectivity index (χ1n) is 6.50. The van der Waals surface area contributed by atoms with Gasteiger partial charge in [0.25, 0.3) is 0 Å². The molecule has 0 aromatic heterocycles. The Balaban J connectivity index is 1.55. The van der Waals surface area contributed by atoms with Crippen molar-refractivity contribution < 1.29 is 17.9 Å². The number of hydrogen-bond donors (Lipinski definition) is 0. The molecule has 1 aromatic carbocycles. The van der Waals surface area contributed by atoms with E-state index in [0.29, 0.717) is 13.2 Å². The Morgan fingerprint density at radius 2 is 2.05 bits per heavy atom. The van der Waals surface area contributed by atoms with Crippen LogP contribution in [0.1, 0.15) is 5.56 Å². The fourth-order valence-electron chi connectivity index (χ4n) is 2.58. The molecule has 4 atom stereocenters. The van der Waals surface area contributed by atoms with Gasteiger partial charge >= 0.3 is 0 Å². The molecule has 2 aliphatic rings. The fraction of sp³-hybridized carbons (Fsp3) is 0.429. The Morgan fingerprint density at radius 1 is 1.30 bits per heavy atom. The van der Waals surface area contributed by atoms with E-state index < -0.39 is 10.0 Å². The number of rotatable bonds is 5. The van der Waals surface area contributed by atoms with Gasteiger partial charge in [-0.2, -0.15) is 4.31 Å². The average molecular weight is 295 g/mol. The van der Waals surface area contributed by atoms with Crippen LogP contribution in [0.15, 0.2) is 42.7 Å². The molecule has 2 heterocycles. The first-order chi connectivity index (χ1) is 9.57. The Bertz CT molecular complexity index is 599. The normalized spacial score (nSPS) is 31.4. The minimum Gasteiger partial charge on any atom is -0.494 e. The van der Waals surface area contributed by atoms with E-state index in [1.165, 1.54) is 10.6 Å². The van der Waals surface area contributed by atoms with E-state index in [-0.39, 0.29) is 18.2 Å². The van der Waals surface area contributed by atoms with Crippen molar-refractivity contribution in [1.82, 2.24) is 4.31 Å². The number of fused-ring (bicyclic) bond motifs is 1. The lowest BCUT2D eigenvalue weighted by Crippen LogP contribution is -2.29. The standard InChI is InChI=1S/C14H17NO4S/c1-20(16,17)15-12-7-8-19-13(14(12)15)10-18-9-11-5-3-2-4-6-11/h2-8,12-14H,9-10H2,1H3/t12-,13-,14-,15?/m1/s1. The maximum Gasteiger partial charge on any atom is 0.212 e. The van der Waals surface area contributed by atoms with Gasteiger partial charge in [0.15, 0.2) is 0 Å². The third-order valence-corrected chi connectivity index (χ3v) is 4.79. The molecular formula is C14H17NO4S. The molecule has 20 heavy (non-hydrogen) atoms. The minimum atomic E-state index is -3.18. The molecule has 1 fully saturated rings. The van der Waals surface area contributed by atoms with Crippen LogP contribution in [0.4, 0.5) is 0 Å². The number of nitrogens with zero attached hydrogens (tertiary/aromatic N) is 1. The van der Waals surface area contributed by atoms with Crippen LogP contribution in [-0.4, -0.2) is 43.8 Å². The van der Waals surface area contributed by atoms with Crippen LogP contribution in [0.5, 0.6) is 0 Å². The molecule has 0 spiro atoms. The summed E-state index contributed by atoms with van der Waals surface area (Å²) in [6.07, 6.45) is 4.34. The van der Waals surface area contributed by atoms with Gasteiger partial charge in [0.05, 0.1) is 37.8 Å². The summed E-state index contributed by atoms with van der Waals surface area (Å²) in [4.78, 5) is 0. The summed E-state index contributed by atoms with van der Waals surface area (Å²) in [6, 6.07) is 9.67. The largest absolute Gasteiger partial charge is 0.494 e. The van der Waals surface area contributed by atoms with Crippen molar-refractivity contribution in [1.29, 1.82) is 0 Å². The highest BCUT2D eigenvalue weighted by molar-refractivity contribution is 7.88. The first kappa shape index (κ1) is 13.6. The van der Waals surface area contributed by atoms with Crippen molar-refractivity contribution in [2.75, 3.05) is 12.9 Å². The number of ether oxygens (including phenoxy) is 2. The van der Waals surface area contributed by atoms with Gasteiger partial charge in [0.1, 0.15) is 6.10 Å². The molecule has 0 bridgehead atoms. The zero-order valence-electron chi connectivity index (χ0n) is 11.2. The first-order valence-corrected chi connectivity index (χ1v) is 8.34. The van der Waals surface area contributed by atoms with Crippen molar-refractivity contribution in [3.8, 4) is 0 Å². The predicted octanol–water partition coefficient (Wildman–Crippen LogP) is 1.13. The van der Waals surface area contributed by atoms with Crippen molar-refractivity contribution in [2.45, 2.75) is 24.8 Å². The number of sulfonamides is 1. The molecule has 0 aliphatic carbocycles. The molecule has 6 heteroatoms. The monoisotopic (exact) mass is 295 g/mol. The van der Waals surface area contributed by atoms with Crippen LogP contribution >= 0.6 is 0 Å². The summed E-state index contributed by atoms with van der Waals surface area (Å²) >= 11 is 0. The summed E-state index contributed by atoms with van der Waals surface area (Å²) in [5, 5.41) is 0. The average Bonchev–Trinajstić information content (AvgIpc) is 3.15. The number of benzene rings is 1. The van der Waals surface area contributed by atoms with Crippen molar-refractivity contribution in [3.63, 3.8) is 0 Å². The molecule has 2 aliphatic heterocycles.